The van der Waals surface area contributed by atoms with Gasteiger partial charge < -0.3 is 21.5 Å². The molecule has 0 saturated heterocycles. The zero-order chi connectivity index (χ0) is 15.2. The first-order valence-corrected chi connectivity index (χ1v) is 6.24. The maximum Gasteiger partial charge on any atom is 0.326 e. The van der Waals surface area contributed by atoms with E-state index in [-0.39, 0.29) is 11.8 Å². The van der Waals surface area contributed by atoms with Crippen LogP contribution in [0, 0.1) is 11.8 Å². The Labute approximate surface area is 112 Å². The van der Waals surface area contributed by atoms with Gasteiger partial charge >= 0.3 is 12.0 Å². The van der Waals surface area contributed by atoms with Gasteiger partial charge in [-0.15, -0.1) is 0 Å². The highest BCUT2D eigenvalue weighted by Gasteiger charge is 2.28. The third kappa shape index (κ3) is 6.64. The summed E-state index contributed by atoms with van der Waals surface area (Å²) >= 11 is 0. The van der Waals surface area contributed by atoms with Crippen LogP contribution in [0.25, 0.3) is 0 Å². The van der Waals surface area contributed by atoms with Crippen molar-refractivity contribution in [2.24, 2.45) is 17.6 Å². The molecular formula is C12H23N3O4. The zero-order valence-electron chi connectivity index (χ0n) is 11.8. The third-order valence-corrected chi connectivity index (χ3v) is 2.57. The molecule has 0 aliphatic rings. The average Bonchev–Trinajstić information content (AvgIpc) is 2.22. The summed E-state index contributed by atoms with van der Waals surface area (Å²) in [6.07, 6.45) is 0.388. The predicted molar refractivity (Wildman–Crippen MR) is 70.4 cm³/mol. The van der Waals surface area contributed by atoms with E-state index >= 15 is 0 Å². The summed E-state index contributed by atoms with van der Waals surface area (Å²) in [5.74, 6) is -1.74. The highest BCUT2D eigenvalue weighted by molar-refractivity contribution is 5.89. The number of carboxylic acids is 1. The van der Waals surface area contributed by atoms with E-state index in [9.17, 15) is 14.4 Å². The minimum atomic E-state index is -1.11. The van der Waals surface area contributed by atoms with E-state index in [4.69, 9.17) is 10.8 Å². The van der Waals surface area contributed by atoms with Gasteiger partial charge in [0, 0.05) is 0 Å². The first kappa shape index (κ1) is 17.2. The van der Waals surface area contributed by atoms with E-state index in [1.807, 2.05) is 13.8 Å². The normalized spacial score (nSPS) is 14.0. The average molecular weight is 273 g/mol. The second-order valence-electron chi connectivity index (χ2n) is 5.26. The molecule has 0 radical (unpaired) electrons. The van der Waals surface area contributed by atoms with Crippen molar-refractivity contribution in [3.63, 3.8) is 0 Å². The van der Waals surface area contributed by atoms with Gasteiger partial charge in [0.2, 0.25) is 5.91 Å². The van der Waals surface area contributed by atoms with Crippen molar-refractivity contribution in [1.29, 1.82) is 0 Å². The van der Waals surface area contributed by atoms with Crippen LogP contribution in [0.15, 0.2) is 0 Å². The molecule has 0 aliphatic heterocycles. The predicted octanol–water partition coefficient (Wildman–Crippen LogP) is 0.295. The summed E-state index contributed by atoms with van der Waals surface area (Å²) in [5, 5.41) is 13.8. The van der Waals surface area contributed by atoms with Gasteiger partial charge in [-0.3, -0.25) is 4.79 Å². The quantitative estimate of drug-likeness (QED) is 0.532. The lowest BCUT2D eigenvalue weighted by Gasteiger charge is -2.23. The lowest BCUT2D eigenvalue weighted by Crippen LogP contribution is -2.54. The second-order valence-corrected chi connectivity index (χ2v) is 5.26. The van der Waals surface area contributed by atoms with Gasteiger partial charge in [0.1, 0.15) is 12.1 Å². The van der Waals surface area contributed by atoms with Crippen molar-refractivity contribution in [1.82, 2.24) is 10.6 Å². The standard InChI is InChI=1S/C12H23N3O4/c1-6(2)5-8(14-12(13)19)10(16)15-9(7(3)4)11(17)18/h6-9H,5H2,1-4H3,(H,15,16)(H,17,18)(H3,13,14,19)/t8?,9-/m0/s1. The van der Waals surface area contributed by atoms with Crippen molar-refractivity contribution in [3.05, 3.63) is 0 Å². The number of hydrogen-bond acceptors (Lipinski definition) is 3. The molecule has 0 spiro atoms. The monoisotopic (exact) mass is 273 g/mol. The lowest BCUT2D eigenvalue weighted by molar-refractivity contribution is -0.143. The summed E-state index contributed by atoms with van der Waals surface area (Å²) in [5.41, 5.74) is 5.01. The van der Waals surface area contributed by atoms with Crippen molar-refractivity contribution in [2.75, 3.05) is 0 Å². The number of carbonyl (C=O) groups is 3. The first-order valence-electron chi connectivity index (χ1n) is 6.24. The number of carboxylic acid groups (broad SMARTS) is 1. The van der Waals surface area contributed by atoms with E-state index in [1.165, 1.54) is 0 Å². The van der Waals surface area contributed by atoms with Crippen LogP contribution in [-0.4, -0.2) is 35.1 Å². The SMILES string of the molecule is CC(C)CC(NC(N)=O)C(=O)N[C@H](C(=O)O)C(C)C. The van der Waals surface area contributed by atoms with E-state index in [1.54, 1.807) is 13.8 Å². The van der Waals surface area contributed by atoms with E-state index < -0.39 is 30.0 Å². The Morgan fingerprint density at radius 1 is 1.11 bits per heavy atom. The number of urea groups is 1. The Morgan fingerprint density at radius 2 is 1.63 bits per heavy atom. The van der Waals surface area contributed by atoms with Gasteiger partial charge in [-0.2, -0.15) is 0 Å². The topological polar surface area (TPSA) is 122 Å². The van der Waals surface area contributed by atoms with Gasteiger partial charge in [0.05, 0.1) is 0 Å². The van der Waals surface area contributed by atoms with Gasteiger partial charge in [-0.05, 0) is 18.3 Å². The Bertz CT molecular complexity index is 342. The van der Waals surface area contributed by atoms with Crippen LogP contribution in [-0.2, 0) is 9.59 Å². The van der Waals surface area contributed by atoms with Crippen LogP contribution in [0.4, 0.5) is 4.79 Å². The minimum Gasteiger partial charge on any atom is -0.480 e. The number of amides is 3. The smallest absolute Gasteiger partial charge is 0.326 e. The summed E-state index contributed by atoms with van der Waals surface area (Å²) in [7, 11) is 0. The molecule has 1 unspecified atom stereocenters. The van der Waals surface area contributed by atoms with Crippen molar-refractivity contribution < 1.29 is 19.5 Å². The Kier molecular flexibility index (Phi) is 6.89. The Hall–Kier alpha value is -1.79. The maximum absolute atomic E-state index is 12.0. The fraction of sp³-hybridized carbons (Fsp3) is 0.750. The van der Waals surface area contributed by atoms with Crippen molar-refractivity contribution in [3.8, 4) is 0 Å². The molecule has 0 saturated carbocycles. The molecule has 0 rings (SSSR count). The molecule has 0 aromatic heterocycles. The highest BCUT2D eigenvalue weighted by atomic mass is 16.4. The number of nitrogens with one attached hydrogen (secondary N) is 2. The molecule has 7 nitrogen and oxygen atoms in total. The maximum atomic E-state index is 12.0. The minimum absolute atomic E-state index is 0.157. The van der Waals surface area contributed by atoms with Crippen LogP contribution < -0.4 is 16.4 Å². The molecule has 3 amide bonds. The van der Waals surface area contributed by atoms with Crippen LogP contribution >= 0.6 is 0 Å². The molecule has 0 aromatic carbocycles. The lowest BCUT2D eigenvalue weighted by atomic mass is 10.0. The summed E-state index contributed by atoms with van der Waals surface area (Å²) in [4.78, 5) is 33.9. The van der Waals surface area contributed by atoms with Crippen LogP contribution in [0.5, 0.6) is 0 Å². The number of rotatable bonds is 7. The largest absolute Gasteiger partial charge is 0.480 e. The van der Waals surface area contributed by atoms with Gasteiger partial charge in [0.25, 0.3) is 0 Å². The molecule has 0 bridgehead atoms. The third-order valence-electron chi connectivity index (χ3n) is 2.57. The molecule has 0 heterocycles. The Morgan fingerprint density at radius 3 is 1.95 bits per heavy atom. The first-order chi connectivity index (χ1) is 8.65. The highest BCUT2D eigenvalue weighted by Crippen LogP contribution is 2.07. The van der Waals surface area contributed by atoms with Crippen LogP contribution in [0.2, 0.25) is 0 Å². The molecule has 0 aromatic rings. The van der Waals surface area contributed by atoms with Gasteiger partial charge in [-0.1, -0.05) is 27.7 Å². The van der Waals surface area contributed by atoms with E-state index in [2.05, 4.69) is 10.6 Å². The molecule has 7 heteroatoms. The summed E-state index contributed by atoms with van der Waals surface area (Å²) in [6, 6.07) is -2.62. The molecule has 0 fully saturated rings. The number of aliphatic carboxylic acids is 1. The molecule has 2 atom stereocenters. The second kappa shape index (κ2) is 7.60. The van der Waals surface area contributed by atoms with E-state index in [0.29, 0.717) is 6.42 Å². The summed E-state index contributed by atoms with van der Waals surface area (Å²) in [6.45, 7) is 7.16. The molecule has 0 aliphatic carbocycles. The number of hydrogen-bond donors (Lipinski definition) is 4. The van der Waals surface area contributed by atoms with Crippen molar-refractivity contribution >= 4 is 17.9 Å². The van der Waals surface area contributed by atoms with Crippen LogP contribution in [0.1, 0.15) is 34.1 Å². The molecule has 5 N–H and O–H groups in total. The molecular weight excluding hydrogens is 250 g/mol. The van der Waals surface area contributed by atoms with Gasteiger partial charge in [-0.25, -0.2) is 9.59 Å². The van der Waals surface area contributed by atoms with Gasteiger partial charge in [0.15, 0.2) is 0 Å². The number of carbonyl (C=O) groups excluding carboxylic acids is 2. The molecule has 110 valence electrons. The van der Waals surface area contributed by atoms with E-state index in [0.717, 1.165) is 0 Å². The zero-order valence-corrected chi connectivity index (χ0v) is 11.8. The van der Waals surface area contributed by atoms with Crippen LogP contribution in [0.3, 0.4) is 0 Å². The fourth-order valence-corrected chi connectivity index (χ4v) is 1.64. The number of nitrogens with two attached hydrogens (primary N) is 1. The summed E-state index contributed by atoms with van der Waals surface area (Å²) < 4.78 is 0. The Balaban J connectivity index is 4.78. The fourth-order valence-electron chi connectivity index (χ4n) is 1.64. The van der Waals surface area contributed by atoms with Crippen molar-refractivity contribution in [2.45, 2.75) is 46.2 Å². The molecule has 19 heavy (non-hydrogen) atoms. The number of primary amides is 1.